The first kappa shape index (κ1) is 20.6. The van der Waals surface area contributed by atoms with Gasteiger partial charge in [-0.05, 0) is 61.8 Å². The molecule has 1 aromatic carbocycles. The second-order valence-corrected chi connectivity index (χ2v) is 7.77. The summed E-state index contributed by atoms with van der Waals surface area (Å²) in [6.07, 6.45) is 7.26. The van der Waals surface area contributed by atoms with Gasteiger partial charge in [0, 0.05) is 12.0 Å². The molecule has 28 heavy (non-hydrogen) atoms. The van der Waals surface area contributed by atoms with Gasteiger partial charge >= 0.3 is 0 Å². The molecule has 8 heteroatoms. The minimum absolute atomic E-state index is 0. The Morgan fingerprint density at radius 3 is 2.57 bits per heavy atom. The summed E-state index contributed by atoms with van der Waals surface area (Å²) in [6, 6.07) is 7.87. The highest BCUT2D eigenvalue weighted by molar-refractivity contribution is 5.85. The average Bonchev–Trinajstić information content (AvgIpc) is 3.15. The standard InChI is InChI=1S/C20H27N5O2.ClH/c1-27-18-7-5-17(6-8-18)25-12-16(23-24-25)11-22-20(26)15-9-13-3-2-4-14(10-15)19(13)21;/h5-8,12-15,19H,2-4,9-11,21H2,1H3,(H,22,26);1H. The Labute approximate surface area is 171 Å². The van der Waals surface area contributed by atoms with Gasteiger partial charge in [0.25, 0.3) is 0 Å². The van der Waals surface area contributed by atoms with Gasteiger partial charge in [0.1, 0.15) is 11.4 Å². The fourth-order valence-electron chi connectivity index (χ4n) is 4.57. The number of carbonyl (C=O) groups is 1. The number of nitrogens with one attached hydrogen (secondary N) is 1. The molecule has 2 unspecified atom stereocenters. The molecule has 0 spiro atoms. The molecule has 2 atom stereocenters. The topological polar surface area (TPSA) is 95.1 Å². The lowest BCUT2D eigenvalue weighted by atomic mass is 9.65. The molecule has 0 saturated heterocycles. The van der Waals surface area contributed by atoms with Crippen LogP contribution < -0.4 is 15.8 Å². The number of halogens is 1. The number of rotatable bonds is 5. The van der Waals surface area contributed by atoms with Crippen molar-refractivity contribution in [3.05, 3.63) is 36.2 Å². The fraction of sp³-hybridized carbons (Fsp3) is 0.550. The van der Waals surface area contributed by atoms with Gasteiger partial charge in [0.05, 0.1) is 25.5 Å². The predicted octanol–water partition coefficient (Wildman–Crippen LogP) is 2.47. The second-order valence-electron chi connectivity index (χ2n) is 7.77. The van der Waals surface area contributed by atoms with Crippen molar-refractivity contribution in [3.63, 3.8) is 0 Å². The first-order valence-corrected chi connectivity index (χ1v) is 9.73. The Bertz CT molecular complexity index is 780. The van der Waals surface area contributed by atoms with Gasteiger partial charge in [-0.3, -0.25) is 4.79 Å². The lowest BCUT2D eigenvalue weighted by Crippen LogP contribution is -2.49. The largest absolute Gasteiger partial charge is 0.497 e. The minimum Gasteiger partial charge on any atom is -0.497 e. The molecular formula is C20H28ClN5O2. The average molecular weight is 406 g/mol. The van der Waals surface area contributed by atoms with Gasteiger partial charge in [-0.2, -0.15) is 0 Å². The SMILES string of the molecule is COc1ccc(-n2cc(CNC(=O)C3CC4CCCC(C3)C4N)nn2)cc1.Cl. The van der Waals surface area contributed by atoms with Gasteiger partial charge in [0.2, 0.25) is 5.91 Å². The Hall–Kier alpha value is -2.12. The van der Waals surface area contributed by atoms with Crippen molar-refractivity contribution in [2.45, 2.75) is 44.7 Å². The Kier molecular flexibility index (Phi) is 6.57. The number of nitrogens with zero attached hydrogens (tertiary/aromatic N) is 3. The summed E-state index contributed by atoms with van der Waals surface area (Å²) in [5.41, 5.74) is 7.97. The first-order chi connectivity index (χ1) is 13.1. The fourth-order valence-corrected chi connectivity index (χ4v) is 4.57. The van der Waals surface area contributed by atoms with Gasteiger partial charge in [-0.15, -0.1) is 17.5 Å². The molecule has 3 N–H and O–H groups in total. The van der Waals surface area contributed by atoms with E-state index in [9.17, 15) is 4.79 Å². The highest BCUT2D eigenvalue weighted by atomic mass is 35.5. The molecule has 2 bridgehead atoms. The first-order valence-electron chi connectivity index (χ1n) is 9.73. The molecule has 1 aromatic heterocycles. The zero-order valence-electron chi connectivity index (χ0n) is 16.1. The summed E-state index contributed by atoms with van der Waals surface area (Å²) >= 11 is 0. The number of ether oxygens (including phenoxy) is 1. The van der Waals surface area contributed by atoms with Crippen LogP contribution in [0.2, 0.25) is 0 Å². The van der Waals surface area contributed by atoms with E-state index in [0.29, 0.717) is 18.4 Å². The van der Waals surface area contributed by atoms with Crippen LogP contribution in [0.3, 0.4) is 0 Å². The van der Waals surface area contributed by atoms with E-state index in [-0.39, 0.29) is 30.3 Å². The van der Waals surface area contributed by atoms with Crippen LogP contribution in [0.25, 0.3) is 5.69 Å². The van der Waals surface area contributed by atoms with Crippen molar-refractivity contribution in [2.75, 3.05) is 7.11 Å². The van der Waals surface area contributed by atoms with E-state index in [2.05, 4.69) is 15.6 Å². The van der Waals surface area contributed by atoms with E-state index in [1.807, 2.05) is 30.5 Å². The third-order valence-corrected chi connectivity index (χ3v) is 6.11. The highest BCUT2D eigenvalue weighted by Gasteiger charge is 2.40. The highest BCUT2D eigenvalue weighted by Crippen LogP contribution is 2.41. The summed E-state index contributed by atoms with van der Waals surface area (Å²) in [4.78, 5) is 12.6. The third-order valence-electron chi connectivity index (χ3n) is 6.11. The van der Waals surface area contributed by atoms with E-state index in [1.165, 1.54) is 6.42 Å². The molecular weight excluding hydrogens is 378 g/mol. The van der Waals surface area contributed by atoms with Crippen molar-refractivity contribution in [3.8, 4) is 11.4 Å². The lowest BCUT2D eigenvalue weighted by Gasteiger charge is -2.43. The van der Waals surface area contributed by atoms with Crippen LogP contribution in [0.15, 0.2) is 30.5 Å². The van der Waals surface area contributed by atoms with Gasteiger partial charge < -0.3 is 15.8 Å². The number of hydrogen-bond donors (Lipinski definition) is 2. The number of amides is 1. The Morgan fingerprint density at radius 1 is 1.25 bits per heavy atom. The van der Waals surface area contributed by atoms with Crippen molar-refractivity contribution >= 4 is 18.3 Å². The molecule has 7 nitrogen and oxygen atoms in total. The van der Waals surface area contributed by atoms with Crippen LogP contribution in [-0.2, 0) is 11.3 Å². The molecule has 1 amide bonds. The maximum absolute atomic E-state index is 12.6. The molecule has 1 heterocycles. The zero-order chi connectivity index (χ0) is 18.8. The van der Waals surface area contributed by atoms with Crippen LogP contribution >= 0.6 is 12.4 Å². The molecule has 0 aliphatic heterocycles. The zero-order valence-corrected chi connectivity index (χ0v) is 16.9. The van der Waals surface area contributed by atoms with Crippen molar-refractivity contribution in [2.24, 2.45) is 23.5 Å². The number of nitrogens with two attached hydrogens (primary N) is 1. The van der Waals surface area contributed by atoms with Crippen molar-refractivity contribution in [1.29, 1.82) is 0 Å². The van der Waals surface area contributed by atoms with Gasteiger partial charge in [-0.25, -0.2) is 4.68 Å². The number of aromatic nitrogens is 3. The molecule has 2 aliphatic carbocycles. The van der Waals surface area contributed by atoms with Crippen LogP contribution in [0.1, 0.15) is 37.8 Å². The van der Waals surface area contributed by atoms with Crippen LogP contribution in [0.4, 0.5) is 0 Å². The molecule has 152 valence electrons. The quantitative estimate of drug-likeness (QED) is 0.796. The van der Waals surface area contributed by atoms with E-state index in [1.54, 1.807) is 11.8 Å². The second kappa shape index (κ2) is 8.92. The van der Waals surface area contributed by atoms with Crippen molar-refractivity contribution in [1.82, 2.24) is 20.3 Å². The van der Waals surface area contributed by atoms with Gasteiger partial charge in [-0.1, -0.05) is 11.6 Å². The summed E-state index contributed by atoms with van der Waals surface area (Å²) in [5.74, 6) is 2.01. The third kappa shape index (κ3) is 4.31. The van der Waals surface area contributed by atoms with E-state index in [0.717, 1.165) is 42.8 Å². The van der Waals surface area contributed by atoms with Crippen LogP contribution in [-0.4, -0.2) is 34.1 Å². The van der Waals surface area contributed by atoms with E-state index >= 15 is 0 Å². The summed E-state index contributed by atoms with van der Waals surface area (Å²) in [5, 5.41) is 11.4. The van der Waals surface area contributed by atoms with E-state index < -0.39 is 0 Å². The maximum Gasteiger partial charge on any atom is 0.223 e. The number of carbonyl (C=O) groups excluding carboxylic acids is 1. The number of benzene rings is 1. The molecule has 2 saturated carbocycles. The van der Waals surface area contributed by atoms with E-state index in [4.69, 9.17) is 10.5 Å². The smallest absolute Gasteiger partial charge is 0.223 e. The monoisotopic (exact) mass is 405 g/mol. The van der Waals surface area contributed by atoms with Crippen LogP contribution in [0.5, 0.6) is 5.75 Å². The van der Waals surface area contributed by atoms with Crippen LogP contribution in [0, 0.1) is 17.8 Å². The molecule has 4 rings (SSSR count). The number of methoxy groups -OCH3 is 1. The normalized spacial score (nSPS) is 26.2. The number of fused-ring (bicyclic) bond motifs is 2. The maximum atomic E-state index is 12.6. The van der Waals surface area contributed by atoms with Gasteiger partial charge in [0.15, 0.2) is 0 Å². The molecule has 0 radical (unpaired) electrons. The molecule has 2 fully saturated rings. The summed E-state index contributed by atoms with van der Waals surface area (Å²) in [6.45, 7) is 0.396. The number of hydrogen-bond acceptors (Lipinski definition) is 5. The molecule has 2 aromatic rings. The Morgan fingerprint density at radius 2 is 1.93 bits per heavy atom. The summed E-state index contributed by atoms with van der Waals surface area (Å²) < 4.78 is 6.87. The minimum atomic E-state index is 0. The lowest BCUT2D eigenvalue weighted by molar-refractivity contribution is -0.128. The predicted molar refractivity (Wildman–Crippen MR) is 109 cm³/mol. The van der Waals surface area contributed by atoms with Crippen molar-refractivity contribution < 1.29 is 9.53 Å². The molecule has 2 aliphatic rings. The summed E-state index contributed by atoms with van der Waals surface area (Å²) in [7, 11) is 1.64. The Balaban J connectivity index is 0.00000225.